The molecule has 1 amide bonds. The molecule has 1 fully saturated rings. The predicted molar refractivity (Wildman–Crippen MR) is 110 cm³/mol. The Labute approximate surface area is 177 Å². The van der Waals surface area contributed by atoms with Crippen LogP contribution in [0.2, 0.25) is 0 Å². The third-order valence-electron chi connectivity index (χ3n) is 5.68. The van der Waals surface area contributed by atoms with E-state index in [0.717, 1.165) is 37.6 Å². The molecule has 0 spiro atoms. The van der Waals surface area contributed by atoms with Crippen molar-refractivity contribution >= 4 is 17.4 Å². The quantitative estimate of drug-likeness (QED) is 0.641. The zero-order chi connectivity index (χ0) is 22.2. The van der Waals surface area contributed by atoms with Gasteiger partial charge in [0.05, 0.1) is 11.3 Å². The number of carbonyl (C=O) groups excluding carboxylic acids is 1. The number of carbonyl (C=O) groups is 1. The number of aryl methyl sites for hydroxylation is 2. The van der Waals surface area contributed by atoms with E-state index in [4.69, 9.17) is 0 Å². The summed E-state index contributed by atoms with van der Waals surface area (Å²) in [5.41, 5.74) is 0.732. The Kier molecular flexibility index (Phi) is 5.63. The molecular formula is C21H25F3N6O. The Hall–Kier alpha value is -3.04. The summed E-state index contributed by atoms with van der Waals surface area (Å²) in [5.74, 6) is 0.472. The first-order chi connectivity index (χ1) is 14.7. The fourth-order valence-corrected chi connectivity index (χ4v) is 4.10. The predicted octanol–water partition coefficient (Wildman–Crippen LogP) is 3.80. The molecule has 166 valence electrons. The van der Waals surface area contributed by atoms with Gasteiger partial charge in [0.15, 0.2) is 5.69 Å². The number of fused-ring (bicyclic) bond motifs is 1. The lowest BCUT2D eigenvalue weighted by Crippen LogP contribution is -2.40. The minimum absolute atomic E-state index is 0.0660. The lowest BCUT2D eigenvalue weighted by molar-refractivity contribution is -0.140. The summed E-state index contributed by atoms with van der Waals surface area (Å²) in [6.45, 7) is 1.97. The van der Waals surface area contributed by atoms with Crippen LogP contribution in [0.5, 0.6) is 0 Å². The monoisotopic (exact) mass is 434 g/mol. The van der Waals surface area contributed by atoms with Crippen molar-refractivity contribution in [3.63, 3.8) is 0 Å². The Morgan fingerprint density at radius 1 is 1.16 bits per heavy atom. The number of hydrogen-bond acceptors (Lipinski definition) is 4. The van der Waals surface area contributed by atoms with Crippen molar-refractivity contribution in [2.24, 2.45) is 7.05 Å². The number of rotatable bonds is 5. The second kappa shape index (κ2) is 8.24. The molecule has 3 aromatic rings. The van der Waals surface area contributed by atoms with Crippen LogP contribution in [-0.2, 0) is 19.6 Å². The molecule has 1 aliphatic carbocycles. The number of alkyl halides is 3. The molecule has 0 aromatic carbocycles. The molecule has 2 N–H and O–H groups in total. The minimum atomic E-state index is -4.48. The van der Waals surface area contributed by atoms with E-state index in [-0.39, 0.29) is 23.6 Å². The number of imidazole rings is 1. The number of hydrogen-bond donors (Lipinski definition) is 2. The maximum atomic E-state index is 13.0. The molecule has 0 bridgehead atoms. The van der Waals surface area contributed by atoms with Crippen molar-refractivity contribution in [3.05, 3.63) is 47.5 Å². The molecule has 7 nitrogen and oxygen atoms in total. The summed E-state index contributed by atoms with van der Waals surface area (Å²) in [4.78, 5) is 16.3. The van der Waals surface area contributed by atoms with Gasteiger partial charge in [-0.1, -0.05) is 13.0 Å². The van der Waals surface area contributed by atoms with Gasteiger partial charge in [-0.3, -0.25) is 13.9 Å². The highest BCUT2D eigenvalue weighted by Gasteiger charge is 2.34. The molecular weight excluding hydrogens is 409 g/mol. The van der Waals surface area contributed by atoms with Crippen LogP contribution in [0.25, 0.3) is 5.65 Å². The van der Waals surface area contributed by atoms with E-state index >= 15 is 0 Å². The normalized spacial score (nSPS) is 19.5. The van der Waals surface area contributed by atoms with Gasteiger partial charge in [0.25, 0.3) is 5.91 Å². The zero-order valence-electron chi connectivity index (χ0n) is 17.4. The first-order valence-electron chi connectivity index (χ1n) is 10.4. The van der Waals surface area contributed by atoms with Gasteiger partial charge in [0.1, 0.15) is 11.5 Å². The maximum Gasteiger partial charge on any atom is 0.434 e. The first-order valence-corrected chi connectivity index (χ1v) is 10.4. The van der Waals surface area contributed by atoms with E-state index in [0.29, 0.717) is 17.8 Å². The van der Waals surface area contributed by atoms with Crippen molar-refractivity contribution in [1.82, 2.24) is 24.5 Å². The Morgan fingerprint density at radius 2 is 1.87 bits per heavy atom. The van der Waals surface area contributed by atoms with Crippen LogP contribution in [0.4, 0.5) is 19.0 Å². The second-order valence-corrected chi connectivity index (χ2v) is 7.95. The Bertz CT molecular complexity index is 1080. The smallest absolute Gasteiger partial charge is 0.368 e. The lowest BCUT2D eigenvalue weighted by Gasteiger charge is -2.30. The molecule has 0 aliphatic heterocycles. The van der Waals surface area contributed by atoms with Crippen LogP contribution in [-0.4, -0.2) is 37.2 Å². The fraction of sp³-hybridized carbons (Fsp3) is 0.476. The highest BCUT2D eigenvalue weighted by atomic mass is 19.4. The van der Waals surface area contributed by atoms with Crippen LogP contribution >= 0.6 is 0 Å². The third-order valence-corrected chi connectivity index (χ3v) is 5.68. The average Bonchev–Trinajstić information content (AvgIpc) is 3.33. The molecule has 1 saturated carbocycles. The molecule has 0 unspecified atom stereocenters. The van der Waals surface area contributed by atoms with E-state index < -0.39 is 11.9 Å². The number of anilines is 1. The summed E-state index contributed by atoms with van der Waals surface area (Å²) in [6.07, 6.45) is 2.15. The molecule has 1 aliphatic rings. The van der Waals surface area contributed by atoms with E-state index in [2.05, 4.69) is 20.7 Å². The van der Waals surface area contributed by atoms with Gasteiger partial charge in [-0.2, -0.15) is 18.3 Å². The topological polar surface area (TPSA) is 76.2 Å². The summed E-state index contributed by atoms with van der Waals surface area (Å²) in [7, 11) is 1.80. The first kappa shape index (κ1) is 21.2. The fourth-order valence-electron chi connectivity index (χ4n) is 4.10. The summed E-state index contributed by atoms with van der Waals surface area (Å²) < 4.78 is 42.1. The summed E-state index contributed by atoms with van der Waals surface area (Å²) in [5, 5.41) is 10.8. The molecule has 0 radical (unpaired) electrons. The Balaban J connectivity index is 1.37. The van der Waals surface area contributed by atoms with Crippen molar-refractivity contribution < 1.29 is 18.0 Å². The number of halogens is 3. The van der Waals surface area contributed by atoms with Gasteiger partial charge in [-0.15, -0.1) is 0 Å². The molecule has 3 aromatic heterocycles. The summed E-state index contributed by atoms with van der Waals surface area (Å²) in [6, 6.07) is 5.17. The van der Waals surface area contributed by atoms with Crippen molar-refractivity contribution in [3.8, 4) is 0 Å². The number of aromatic nitrogens is 4. The molecule has 0 saturated heterocycles. The van der Waals surface area contributed by atoms with Crippen molar-refractivity contribution in [2.75, 3.05) is 5.32 Å². The number of pyridine rings is 1. The van der Waals surface area contributed by atoms with E-state index in [1.807, 2.05) is 6.92 Å². The molecule has 0 atom stereocenters. The van der Waals surface area contributed by atoms with Crippen LogP contribution in [0.15, 0.2) is 30.6 Å². The van der Waals surface area contributed by atoms with Crippen LogP contribution in [0.3, 0.4) is 0 Å². The average molecular weight is 434 g/mol. The van der Waals surface area contributed by atoms with E-state index in [9.17, 15) is 18.0 Å². The van der Waals surface area contributed by atoms with Gasteiger partial charge in [0, 0.05) is 31.5 Å². The molecule has 4 rings (SSSR count). The second-order valence-electron chi connectivity index (χ2n) is 7.95. The third kappa shape index (κ3) is 4.52. The molecule has 31 heavy (non-hydrogen) atoms. The molecule has 3 heterocycles. The Morgan fingerprint density at radius 3 is 2.55 bits per heavy atom. The van der Waals surface area contributed by atoms with E-state index in [1.165, 1.54) is 4.40 Å². The highest BCUT2D eigenvalue weighted by Crippen LogP contribution is 2.30. The van der Waals surface area contributed by atoms with Crippen LogP contribution in [0, 0.1) is 0 Å². The van der Waals surface area contributed by atoms with Gasteiger partial charge >= 0.3 is 6.18 Å². The van der Waals surface area contributed by atoms with Gasteiger partial charge in [-0.05, 0) is 44.2 Å². The zero-order valence-corrected chi connectivity index (χ0v) is 17.4. The SMILES string of the molecule is CCc1nn(C)cc1C(=O)NC1CCC(Nc2cccc3nc(C(F)(F)F)cn23)CC1. The van der Waals surface area contributed by atoms with E-state index in [1.54, 1.807) is 36.1 Å². The maximum absolute atomic E-state index is 13.0. The van der Waals surface area contributed by atoms with Crippen molar-refractivity contribution in [1.29, 1.82) is 0 Å². The lowest BCUT2D eigenvalue weighted by atomic mass is 9.91. The number of amides is 1. The van der Waals surface area contributed by atoms with Crippen molar-refractivity contribution in [2.45, 2.75) is 57.3 Å². The minimum Gasteiger partial charge on any atom is -0.368 e. The largest absolute Gasteiger partial charge is 0.434 e. The summed E-state index contributed by atoms with van der Waals surface area (Å²) >= 11 is 0. The number of nitrogens with zero attached hydrogens (tertiary/aromatic N) is 4. The number of nitrogens with one attached hydrogen (secondary N) is 2. The highest BCUT2D eigenvalue weighted by molar-refractivity contribution is 5.95. The van der Waals surface area contributed by atoms with Gasteiger partial charge in [0.2, 0.25) is 0 Å². The van der Waals surface area contributed by atoms with Gasteiger partial charge in [-0.25, -0.2) is 4.98 Å². The van der Waals surface area contributed by atoms with Gasteiger partial charge < -0.3 is 10.6 Å². The van der Waals surface area contributed by atoms with Crippen LogP contribution in [0.1, 0.15) is 54.4 Å². The standard InChI is InChI=1S/C21H25F3N6O/c1-3-16-15(11-29(2)28-16)20(31)26-14-9-7-13(8-10-14)25-18-5-4-6-19-27-17(12-30(18)19)21(22,23)24/h4-6,11-14,25H,3,7-10H2,1-2H3,(H,26,31). The molecule has 10 heteroatoms. The van der Waals surface area contributed by atoms with Crippen LogP contribution < -0.4 is 10.6 Å².